The Labute approximate surface area is 172 Å². The molecule has 2 aliphatic heterocycles. The lowest BCUT2D eigenvalue weighted by Gasteiger charge is -2.26. The molecule has 0 bridgehead atoms. The van der Waals surface area contributed by atoms with Crippen molar-refractivity contribution < 1.29 is 4.79 Å². The molecule has 0 aliphatic carbocycles. The van der Waals surface area contributed by atoms with Gasteiger partial charge in [0.25, 0.3) is 0 Å². The highest BCUT2D eigenvalue weighted by Gasteiger charge is 2.51. The minimum atomic E-state index is -0.673. The Bertz CT molecular complexity index is 1390. The molecule has 0 amide bonds. The lowest BCUT2D eigenvalue weighted by molar-refractivity contribution is 0.0964. The number of guanidine groups is 1. The van der Waals surface area contributed by atoms with Crippen molar-refractivity contribution in [3.63, 3.8) is 0 Å². The normalized spacial score (nSPS) is 20.0. The number of rotatable bonds is 2. The van der Waals surface area contributed by atoms with E-state index in [1.54, 1.807) is 6.20 Å². The minimum Gasteiger partial charge on any atom is -0.360 e. The van der Waals surface area contributed by atoms with E-state index in [2.05, 4.69) is 9.97 Å². The van der Waals surface area contributed by atoms with E-state index in [1.807, 2.05) is 72.4 Å². The summed E-state index contributed by atoms with van der Waals surface area (Å²) in [5.41, 5.74) is 4.63. The number of benzene rings is 2. The number of hydrogen-bond acceptors (Lipinski definition) is 5. The van der Waals surface area contributed by atoms with E-state index >= 15 is 0 Å². The first kappa shape index (κ1) is 17.0. The van der Waals surface area contributed by atoms with Crippen molar-refractivity contribution in [3.8, 4) is 0 Å². The number of aliphatic imine (C=N–C) groups is 1. The molecule has 3 N–H and O–H groups in total. The molecule has 7 heteroatoms. The number of hydrogen-bond donors (Lipinski definition) is 3. The van der Waals surface area contributed by atoms with E-state index < -0.39 is 12.1 Å². The maximum atomic E-state index is 13.6. The fourth-order valence-electron chi connectivity index (χ4n) is 4.74. The summed E-state index contributed by atoms with van der Waals surface area (Å²) in [7, 11) is 3.84. The second-order valence-corrected chi connectivity index (χ2v) is 8.00. The first-order valence-electron chi connectivity index (χ1n) is 9.90. The monoisotopic (exact) mass is 396 g/mol. The number of Topliss-reactive ketones (excluding diaryl/α,β-unsaturated/α-hetero) is 1. The highest BCUT2D eigenvalue weighted by atomic mass is 16.1. The van der Waals surface area contributed by atoms with Gasteiger partial charge in [-0.3, -0.25) is 9.69 Å². The van der Waals surface area contributed by atoms with Crippen LogP contribution in [0.2, 0.25) is 0 Å². The van der Waals surface area contributed by atoms with Crippen LogP contribution in [-0.4, -0.2) is 58.5 Å². The van der Waals surface area contributed by atoms with Gasteiger partial charge in [-0.15, -0.1) is 0 Å². The van der Waals surface area contributed by atoms with Gasteiger partial charge in [0.05, 0.1) is 17.1 Å². The van der Waals surface area contributed by atoms with Gasteiger partial charge >= 0.3 is 0 Å². The number of carbonyl (C=O) groups excluding carboxylic acids is 1. The van der Waals surface area contributed by atoms with Gasteiger partial charge in [0.1, 0.15) is 12.1 Å². The Morgan fingerprint density at radius 2 is 1.77 bits per heavy atom. The second-order valence-electron chi connectivity index (χ2n) is 8.00. The Morgan fingerprint density at radius 1 is 1.07 bits per heavy atom. The molecule has 2 aromatic heterocycles. The predicted octanol–water partition coefficient (Wildman–Crippen LogP) is 3.39. The maximum absolute atomic E-state index is 13.6. The van der Waals surface area contributed by atoms with Crippen LogP contribution in [0.5, 0.6) is 0 Å². The maximum Gasteiger partial charge on any atom is 0.202 e. The molecule has 0 saturated carbocycles. The summed E-state index contributed by atoms with van der Waals surface area (Å²) >= 11 is 0. The summed E-state index contributed by atoms with van der Waals surface area (Å²) in [6.45, 7) is 0. The van der Waals surface area contributed by atoms with Crippen molar-refractivity contribution in [1.82, 2.24) is 14.9 Å². The fourth-order valence-corrected chi connectivity index (χ4v) is 4.74. The lowest BCUT2D eigenvalue weighted by atomic mass is 9.96. The Kier molecular flexibility index (Phi) is 3.30. The molecule has 0 saturated heterocycles. The second kappa shape index (κ2) is 5.82. The third-order valence-electron chi connectivity index (χ3n) is 6.06. The molecular weight excluding hydrogens is 376 g/mol. The van der Waals surface area contributed by atoms with Crippen molar-refractivity contribution in [3.05, 3.63) is 66.0 Å². The van der Waals surface area contributed by atoms with Gasteiger partial charge < -0.3 is 20.3 Å². The first-order valence-corrected chi connectivity index (χ1v) is 9.90. The summed E-state index contributed by atoms with van der Waals surface area (Å²) in [6, 6.07) is 14.7. The first-order chi connectivity index (χ1) is 14.6. The summed E-state index contributed by atoms with van der Waals surface area (Å²) in [5.74, 6) is 0.630. The zero-order chi connectivity index (χ0) is 20.6. The van der Waals surface area contributed by atoms with Crippen molar-refractivity contribution in [2.75, 3.05) is 19.0 Å². The number of fused-ring (bicyclic) bond motifs is 6. The number of nitrogens with zero attached hydrogens (tertiary/aromatic N) is 3. The molecule has 6 rings (SSSR count). The molecular formula is C23H20N6O. The van der Waals surface area contributed by atoms with E-state index in [0.717, 1.165) is 33.2 Å². The summed E-state index contributed by atoms with van der Waals surface area (Å²) in [6.07, 6.45) is 1.76. The largest absolute Gasteiger partial charge is 0.360 e. The third-order valence-corrected chi connectivity index (χ3v) is 6.06. The highest BCUT2D eigenvalue weighted by molar-refractivity contribution is 6.29. The Hall–Kier alpha value is -3.87. The fraction of sp³-hybridized carbons (Fsp3) is 0.174. The number of H-pyrrole nitrogens is 2. The van der Waals surface area contributed by atoms with Gasteiger partial charge in [0.2, 0.25) is 5.96 Å². The van der Waals surface area contributed by atoms with Crippen LogP contribution >= 0.6 is 0 Å². The number of carbonyl (C=O) groups is 1. The molecule has 0 fully saturated rings. The third kappa shape index (κ3) is 2.06. The van der Waals surface area contributed by atoms with Gasteiger partial charge in [-0.05, 0) is 12.1 Å². The van der Waals surface area contributed by atoms with Crippen LogP contribution in [0.1, 0.15) is 16.1 Å². The minimum absolute atomic E-state index is 0.0708. The van der Waals surface area contributed by atoms with Gasteiger partial charge in [-0.2, -0.15) is 0 Å². The molecule has 7 nitrogen and oxygen atoms in total. The number of aromatic amines is 2. The van der Waals surface area contributed by atoms with Gasteiger partial charge in [0, 0.05) is 47.7 Å². The van der Waals surface area contributed by atoms with E-state index in [9.17, 15) is 4.79 Å². The Morgan fingerprint density at radius 3 is 2.53 bits per heavy atom. The average molecular weight is 396 g/mol. The number of nitrogens with one attached hydrogen (secondary N) is 3. The topological polar surface area (TPSA) is 91.3 Å². The van der Waals surface area contributed by atoms with Crippen molar-refractivity contribution in [2.45, 2.75) is 12.1 Å². The van der Waals surface area contributed by atoms with E-state index in [1.165, 1.54) is 0 Å². The molecule has 2 atom stereocenters. The summed E-state index contributed by atoms with van der Waals surface area (Å²) in [5, 5.41) is 10.8. The smallest absolute Gasteiger partial charge is 0.202 e. The van der Waals surface area contributed by atoms with Crippen LogP contribution in [-0.2, 0) is 0 Å². The Balaban J connectivity index is 1.51. The number of anilines is 1. The van der Waals surface area contributed by atoms with Crippen LogP contribution in [0.4, 0.5) is 5.69 Å². The number of para-hydroxylation sites is 2. The molecule has 2 aromatic carbocycles. The molecule has 148 valence electrons. The van der Waals surface area contributed by atoms with Crippen LogP contribution in [0.25, 0.3) is 21.8 Å². The molecule has 0 spiro atoms. The zero-order valence-corrected chi connectivity index (χ0v) is 16.6. The predicted molar refractivity (Wildman–Crippen MR) is 119 cm³/mol. The molecule has 4 aromatic rings. The summed E-state index contributed by atoms with van der Waals surface area (Å²) in [4.78, 5) is 29.0. The zero-order valence-electron chi connectivity index (χ0n) is 16.6. The van der Waals surface area contributed by atoms with Gasteiger partial charge in [-0.1, -0.05) is 36.4 Å². The SMILES string of the molecule is CN(C)C1=N[C@@H](C(=O)c2c[nH]c3ccccc23)[C@@H]2C(=N)c3[nH]c4ccccc4c3N12. The molecule has 30 heavy (non-hydrogen) atoms. The summed E-state index contributed by atoms with van der Waals surface area (Å²) < 4.78 is 0. The lowest BCUT2D eigenvalue weighted by Crippen LogP contribution is -2.46. The van der Waals surface area contributed by atoms with E-state index in [0.29, 0.717) is 17.2 Å². The molecule has 0 radical (unpaired) electrons. The van der Waals surface area contributed by atoms with Crippen molar-refractivity contribution in [1.29, 1.82) is 5.41 Å². The highest BCUT2D eigenvalue weighted by Crippen LogP contribution is 2.43. The average Bonchev–Trinajstić information content (AvgIpc) is 3.48. The van der Waals surface area contributed by atoms with Crippen molar-refractivity contribution in [2.24, 2.45) is 4.99 Å². The van der Waals surface area contributed by atoms with Crippen molar-refractivity contribution >= 4 is 44.9 Å². The number of aromatic nitrogens is 2. The number of ketones is 1. The van der Waals surface area contributed by atoms with Crippen LogP contribution in [0.3, 0.4) is 0 Å². The molecule has 0 unspecified atom stereocenters. The van der Waals surface area contributed by atoms with E-state index in [4.69, 9.17) is 10.4 Å². The van der Waals surface area contributed by atoms with E-state index in [-0.39, 0.29) is 5.78 Å². The van der Waals surface area contributed by atoms with Crippen LogP contribution in [0.15, 0.2) is 59.7 Å². The quantitative estimate of drug-likeness (QED) is 0.454. The van der Waals surface area contributed by atoms with Crippen LogP contribution in [0, 0.1) is 5.41 Å². The molecule has 4 heterocycles. The van der Waals surface area contributed by atoms with Gasteiger partial charge in [-0.25, -0.2) is 4.99 Å². The molecule has 2 aliphatic rings. The van der Waals surface area contributed by atoms with Gasteiger partial charge in [0.15, 0.2) is 5.78 Å². The standard InChI is InChI=1S/C23H20N6O/c1-28(2)23-27-19(22(30)14-11-25-15-9-5-3-7-12(14)15)21-17(24)18-20(29(21)23)13-8-4-6-10-16(13)26-18/h3-11,19,21,24-26H,1-2H3/t19-,21+/m1/s1. The van der Waals surface area contributed by atoms with Crippen LogP contribution < -0.4 is 4.90 Å².